The van der Waals surface area contributed by atoms with Gasteiger partial charge in [-0.25, -0.2) is 0 Å². The van der Waals surface area contributed by atoms with Crippen molar-refractivity contribution >= 4 is 153 Å². The highest BCUT2D eigenvalue weighted by atomic mass is 33.1. The largest absolute Gasteiger partial charge is 0.348 e. The molecule has 0 aliphatic rings. The van der Waals surface area contributed by atoms with Crippen LogP contribution in [0.2, 0.25) is 0 Å². The number of benzene rings is 6. The van der Waals surface area contributed by atoms with Gasteiger partial charge in [0, 0.05) is 59.6 Å². The van der Waals surface area contributed by atoms with Gasteiger partial charge in [-0.1, -0.05) is 278 Å². The summed E-state index contributed by atoms with van der Waals surface area (Å²) in [5.74, 6) is 2.15. The van der Waals surface area contributed by atoms with Crippen LogP contribution in [-0.2, 0) is 39.3 Å². The summed E-state index contributed by atoms with van der Waals surface area (Å²) in [6.07, 6.45) is 7.34. The highest BCUT2D eigenvalue weighted by Crippen LogP contribution is 2.39. The molecule has 0 aromatic heterocycles. The molecule has 4 nitrogen and oxygen atoms in total. The lowest BCUT2D eigenvalue weighted by molar-refractivity contribution is 0.421. The molecule has 0 radical (unpaired) electrons. The quantitative estimate of drug-likeness (QED) is 0.0210. The van der Waals surface area contributed by atoms with Gasteiger partial charge in [0.05, 0.1) is 13.1 Å². The summed E-state index contributed by atoms with van der Waals surface area (Å²) >= 11 is 24.3. The lowest BCUT2D eigenvalue weighted by atomic mass is 10.1. The lowest BCUT2D eigenvalue weighted by Gasteiger charge is -2.27. The molecular formula is C54H58N4S12. The first-order chi connectivity index (χ1) is 34.4. The van der Waals surface area contributed by atoms with Crippen molar-refractivity contribution in [1.82, 2.24) is 18.4 Å². The Morgan fingerprint density at radius 1 is 0.286 bits per heavy atom. The fourth-order valence-electron chi connectivity index (χ4n) is 6.88. The minimum Gasteiger partial charge on any atom is -0.348 e. The van der Waals surface area contributed by atoms with Gasteiger partial charge in [0.2, 0.25) is 0 Å². The molecular weight excluding hydrogens is 1090 g/mol. The van der Waals surface area contributed by atoms with Gasteiger partial charge in [0.1, 0.15) is 8.64 Å². The molecule has 0 aliphatic carbocycles. The molecule has 0 aliphatic heterocycles. The van der Waals surface area contributed by atoms with Crippen LogP contribution in [0.5, 0.6) is 0 Å². The van der Waals surface area contributed by atoms with Crippen molar-refractivity contribution in [3.63, 3.8) is 0 Å². The van der Waals surface area contributed by atoms with Crippen molar-refractivity contribution in [1.29, 1.82) is 0 Å². The summed E-state index contributed by atoms with van der Waals surface area (Å²) in [4.78, 5) is 4.56. The molecule has 0 bridgehead atoms. The summed E-state index contributed by atoms with van der Waals surface area (Å²) in [6.45, 7) is 4.43. The Labute approximate surface area is 471 Å². The van der Waals surface area contributed by atoms with Crippen molar-refractivity contribution in [3.05, 3.63) is 215 Å². The van der Waals surface area contributed by atoms with Crippen LogP contribution < -0.4 is 0 Å². The molecule has 0 unspecified atom stereocenters. The van der Waals surface area contributed by atoms with Crippen LogP contribution in [0.3, 0.4) is 0 Å². The number of rotatable bonds is 27. The molecule has 0 saturated heterocycles. The molecule has 6 aromatic rings. The minimum atomic E-state index is 0.718. The SMILES string of the molecule is S=C(SSN(Cc1ccccc1)C(=S)SSCCCCCCCCSSC(=S)N(Cc1ccccc1)SSC(=S)N(Cc1ccccc1)Cc1ccccc1)N(Cc1ccccc1)Cc1ccccc1. The molecule has 70 heavy (non-hydrogen) atoms. The Kier molecular flexibility index (Phi) is 27.9. The fraction of sp³-hybridized carbons (Fsp3) is 0.259. The van der Waals surface area contributed by atoms with E-state index in [9.17, 15) is 0 Å². The second kappa shape index (κ2) is 34.2. The number of nitrogens with zero attached hydrogens (tertiary/aromatic N) is 4. The third kappa shape index (κ3) is 22.4. The van der Waals surface area contributed by atoms with Crippen molar-refractivity contribution < 1.29 is 0 Å². The highest BCUT2D eigenvalue weighted by molar-refractivity contribution is 8.86. The first-order valence-corrected chi connectivity index (χ1v) is 33.6. The number of hydrogen-bond acceptors (Lipinski definition) is 12. The molecule has 0 saturated carbocycles. The van der Waals surface area contributed by atoms with E-state index in [0.717, 1.165) is 68.1 Å². The molecule has 0 N–H and O–H groups in total. The third-order valence-electron chi connectivity index (χ3n) is 10.5. The molecule has 366 valence electrons. The van der Waals surface area contributed by atoms with Gasteiger partial charge in [0.15, 0.2) is 8.64 Å². The van der Waals surface area contributed by atoms with E-state index in [1.807, 2.05) is 21.6 Å². The molecule has 0 amide bonds. The third-order valence-corrected chi connectivity index (χ3v) is 23.1. The van der Waals surface area contributed by atoms with E-state index in [1.54, 1.807) is 65.1 Å². The van der Waals surface area contributed by atoms with Crippen LogP contribution in [0, 0.1) is 0 Å². The van der Waals surface area contributed by atoms with Gasteiger partial charge < -0.3 is 9.80 Å². The Hall–Kier alpha value is -2.32. The average molecular weight is 1150 g/mol. The van der Waals surface area contributed by atoms with E-state index in [-0.39, 0.29) is 0 Å². The van der Waals surface area contributed by atoms with E-state index >= 15 is 0 Å². The maximum Gasteiger partial charge on any atom is 0.157 e. The van der Waals surface area contributed by atoms with E-state index in [1.165, 1.54) is 71.9 Å². The first kappa shape index (κ1) is 57.0. The van der Waals surface area contributed by atoms with Crippen LogP contribution >= 0.6 is 136 Å². The molecule has 0 atom stereocenters. The summed E-state index contributed by atoms with van der Waals surface area (Å²) < 4.78 is 7.86. The van der Waals surface area contributed by atoms with Crippen molar-refractivity contribution in [2.24, 2.45) is 0 Å². The standard InChI is InChI=1S/C54H58N4S12/c59-51(55(39-45-25-11-5-12-26-45)40-46-27-13-6-14-28-46)67-69-57(43-49-33-19-9-20-34-49)53(61)65-63-37-23-3-1-2-4-24-38-64-66-54(62)58(44-50-35-21-10-22-36-50)70-68-52(60)56(41-47-29-15-7-16-30-47)42-48-31-17-8-18-32-48/h5-22,25-36H,1-4,23-24,37-44H2. The Bertz CT molecular complexity index is 2150. The Balaban J connectivity index is 0.878. The minimum absolute atomic E-state index is 0.718. The van der Waals surface area contributed by atoms with Crippen LogP contribution in [0.25, 0.3) is 0 Å². The van der Waals surface area contributed by atoms with Crippen molar-refractivity contribution in [3.8, 4) is 0 Å². The van der Waals surface area contributed by atoms with Gasteiger partial charge in [0.25, 0.3) is 0 Å². The Morgan fingerprint density at radius 3 is 0.800 bits per heavy atom. The zero-order valence-electron chi connectivity index (χ0n) is 38.9. The van der Waals surface area contributed by atoms with Crippen LogP contribution in [0.4, 0.5) is 0 Å². The van der Waals surface area contributed by atoms with E-state index < -0.39 is 0 Å². The van der Waals surface area contributed by atoms with E-state index in [0.29, 0.717) is 0 Å². The smallest absolute Gasteiger partial charge is 0.157 e. The van der Waals surface area contributed by atoms with E-state index in [2.05, 4.69) is 200 Å². The second-order valence-electron chi connectivity index (χ2n) is 16.0. The van der Waals surface area contributed by atoms with Crippen LogP contribution in [0.1, 0.15) is 71.9 Å². The van der Waals surface area contributed by atoms with Crippen molar-refractivity contribution in [2.45, 2.75) is 77.8 Å². The predicted octanol–water partition coefficient (Wildman–Crippen LogP) is 18.2. The fourth-order valence-corrected chi connectivity index (χ4v) is 17.5. The molecule has 0 fully saturated rings. The molecule has 0 heterocycles. The zero-order chi connectivity index (χ0) is 48.9. The lowest BCUT2D eigenvalue weighted by Crippen LogP contribution is -2.27. The molecule has 6 aromatic carbocycles. The summed E-state index contributed by atoms with van der Waals surface area (Å²) in [7, 11) is 13.7. The maximum atomic E-state index is 6.09. The number of hydrogen-bond donors (Lipinski definition) is 0. The van der Waals surface area contributed by atoms with Gasteiger partial charge in [-0.15, -0.1) is 0 Å². The monoisotopic (exact) mass is 1150 g/mol. The zero-order valence-corrected chi connectivity index (χ0v) is 48.7. The summed E-state index contributed by atoms with van der Waals surface area (Å²) in [5.41, 5.74) is 7.39. The molecule has 0 spiro atoms. The van der Waals surface area contributed by atoms with Gasteiger partial charge in [-0.05, 0) is 89.4 Å². The molecule has 16 heteroatoms. The summed E-state index contributed by atoms with van der Waals surface area (Å²) in [6, 6.07) is 63.3. The maximum absolute atomic E-state index is 6.09. The van der Waals surface area contributed by atoms with Crippen molar-refractivity contribution in [2.75, 3.05) is 11.5 Å². The average Bonchev–Trinajstić information content (AvgIpc) is 3.40. The topological polar surface area (TPSA) is 13.0 Å². The van der Waals surface area contributed by atoms with E-state index in [4.69, 9.17) is 48.9 Å². The van der Waals surface area contributed by atoms with Gasteiger partial charge in [-0.2, -0.15) is 0 Å². The highest BCUT2D eigenvalue weighted by Gasteiger charge is 2.20. The first-order valence-electron chi connectivity index (χ1n) is 23.1. The van der Waals surface area contributed by atoms with Gasteiger partial charge in [-0.3, -0.25) is 8.61 Å². The number of thiocarbonyl (C=S) groups is 4. The van der Waals surface area contributed by atoms with Crippen LogP contribution in [0.15, 0.2) is 182 Å². The molecule has 6 rings (SSSR count). The summed E-state index contributed by atoms with van der Waals surface area (Å²) in [5, 5.41) is 0. The van der Waals surface area contributed by atoms with Gasteiger partial charge >= 0.3 is 0 Å². The number of unbranched alkanes of at least 4 members (excludes halogenated alkanes) is 5. The predicted molar refractivity (Wildman–Crippen MR) is 337 cm³/mol. The Morgan fingerprint density at radius 2 is 0.529 bits per heavy atom. The van der Waals surface area contributed by atoms with Crippen LogP contribution in [-0.4, -0.2) is 47.2 Å². The normalized spacial score (nSPS) is 10.9. The second-order valence-corrected chi connectivity index (χ2v) is 27.6.